The molecule has 0 saturated heterocycles. The number of allylic oxidation sites excluding steroid dienone is 2. The van der Waals surface area contributed by atoms with Gasteiger partial charge in [0.2, 0.25) is 0 Å². The second kappa shape index (κ2) is 2.78. The van der Waals surface area contributed by atoms with Crippen molar-refractivity contribution in [3.05, 3.63) is 12.2 Å². The molecule has 50 valence electrons. The molecule has 9 heavy (non-hydrogen) atoms. The van der Waals surface area contributed by atoms with Gasteiger partial charge in [0.1, 0.15) is 0 Å². The molecule has 0 radical (unpaired) electrons. The van der Waals surface area contributed by atoms with E-state index in [4.69, 9.17) is 5.11 Å². The molecule has 0 amide bonds. The van der Waals surface area contributed by atoms with Gasteiger partial charge in [-0.15, -0.1) is 0 Å². The number of carbonyl (C=O) groups excluding carboxylic acids is 1. The second-order valence-electron chi connectivity index (χ2n) is 2.30. The van der Waals surface area contributed by atoms with Gasteiger partial charge in [-0.1, -0.05) is 6.08 Å². The highest BCUT2D eigenvalue weighted by Crippen LogP contribution is 2.07. The van der Waals surface area contributed by atoms with Gasteiger partial charge in [0.25, 0.3) is 0 Å². The Morgan fingerprint density at radius 2 is 2.44 bits per heavy atom. The van der Waals surface area contributed by atoms with Crippen molar-refractivity contribution < 1.29 is 9.90 Å². The molecule has 2 heteroatoms. The summed E-state index contributed by atoms with van der Waals surface area (Å²) in [6.07, 6.45) is 4.81. The van der Waals surface area contributed by atoms with Gasteiger partial charge in [0, 0.05) is 6.42 Å². The van der Waals surface area contributed by atoms with Crippen molar-refractivity contribution in [1.82, 2.24) is 0 Å². The Hall–Kier alpha value is -0.630. The third kappa shape index (κ3) is 1.98. The van der Waals surface area contributed by atoms with Crippen LogP contribution < -0.4 is 0 Å². The molecule has 0 aromatic carbocycles. The number of aliphatic hydroxyl groups is 1. The third-order valence-electron chi connectivity index (χ3n) is 1.41. The van der Waals surface area contributed by atoms with Crippen LogP contribution in [0.1, 0.15) is 19.3 Å². The van der Waals surface area contributed by atoms with Gasteiger partial charge in [-0.2, -0.15) is 0 Å². The lowest BCUT2D eigenvalue weighted by Crippen LogP contribution is -2.08. The summed E-state index contributed by atoms with van der Waals surface area (Å²) in [5.41, 5.74) is 0. The predicted octanol–water partition coefficient (Wildman–Crippen LogP) is 0.656. The van der Waals surface area contributed by atoms with Crippen LogP contribution >= 0.6 is 0 Å². The Morgan fingerprint density at radius 1 is 1.67 bits per heavy atom. The number of rotatable bonds is 0. The quantitative estimate of drug-likeness (QED) is 0.517. The fraction of sp³-hybridized carbons (Fsp3) is 0.571. The average molecular weight is 126 g/mol. The van der Waals surface area contributed by atoms with Crippen LogP contribution in [0.5, 0.6) is 0 Å². The number of hydrogen-bond acceptors (Lipinski definition) is 2. The topological polar surface area (TPSA) is 37.3 Å². The molecule has 1 aliphatic carbocycles. The molecule has 0 saturated carbocycles. The van der Waals surface area contributed by atoms with E-state index in [2.05, 4.69) is 0 Å². The highest BCUT2D eigenvalue weighted by atomic mass is 16.3. The molecule has 1 aliphatic rings. The Bertz CT molecular complexity index is 138. The van der Waals surface area contributed by atoms with Crippen molar-refractivity contribution >= 4 is 5.78 Å². The third-order valence-corrected chi connectivity index (χ3v) is 1.41. The van der Waals surface area contributed by atoms with Crippen LogP contribution in [-0.4, -0.2) is 17.0 Å². The number of aliphatic hydroxyl groups excluding tert-OH is 1. The molecule has 2 nitrogen and oxygen atoms in total. The van der Waals surface area contributed by atoms with Crippen LogP contribution in [0.2, 0.25) is 0 Å². The van der Waals surface area contributed by atoms with Crippen LogP contribution in [0.25, 0.3) is 0 Å². The first-order valence-corrected chi connectivity index (χ1v) is 3.16. The highest BCUT2D eigenvalue weighted by Gasteiger charge is 2.09. The van der Waals surface area contributed by atoms with Gasteiger partial charge >= 0.3 is 0 Å². The summed E-state index contributed by atoms with van der Waals surface area (Å²) in [5.74, 6) is 0.0417. The fourth-order valence-electron chi connectivity index (χ4n) is 0.906. The highest BCUT2D eigenvalue weighted by molar-refractivity contribution is 5.90. The summed E-state index contributed by atoms with van der Waals surface area (Å²) < 4.78 is 0. The van der Waals surface area contributed by atoms with Gasteiger partial charge < -0.3 is 5.11 Å². The van der Waals surface area contributed by atoms with E-state index in [1.54, 1.807) is 6.08 Å². The number of ketones is 1. The van der Waals surface area contributed by atoms with E-state index in [0.29, 0.717) is 6.42 Å². The van der Waals surface area contributed by atoms with Crippen LogP contribution in [0, 0.1) is 0 Å². The van der Waals surface area contributed by atoms with Crippen molar-refractivity contribution in [2.24, 2.45) is 0 Å². The average Bonchev–Trinajstić information content (AvgIpc) is 1.93. The predicted molar refractivity (Wildman–Crippen MR) is 34.0 cm³/mol. The maximum atomic E-state index is 10.6. The Morgan fingerprint density at radius 3 is 3.22 bits per heavy atom. The molecule has 0 spiro atoms. The van der Waals surface area contributed by atoms with Gasteiger partial charge in [-0.05, 0) is 18.9 Å². The second-order valence-corrected chi connectivity index (χ2v) is 2.30. The lowest BCUT2D eigenvalue weighted by atomic mass is 10.1. The molecule has 0 aromatic heterocycles. The van der Waals surface area contributed by atoms with Crippen molar-refractivity contribution in [3.63, 3.8) is 0 Å². The standard InChI is InChI=1S/C7H10O2/c8-6-3-1-2-4-7(9)5-6/h1,3,7,9H,2,4-5H2/t7-/m0/s1. The van der Waals surface area contributed by atoms with Crippen LogP contribution in [0.4, 0.5) is 0 Å². The zero-order valence-electron chi connectivity index (χ0n) is 5.21. The van der Waals surface area contributed by atoms with Crippen LogP contribution in [0.15, 0.2) is 12.2 Å². The minimum absolute atomic E-state index is 0.0417. The van der Waals surface area contributed by atoms with Gasteiger partial charge in [0.15, 0.2) is 5.78 Å². The lowest BCUT2D eigenvalue weighted by Gasteiger charge is -2.01. The van der Waals surface area contributed by atoms with E-state index in [1.807, 2.05) is 6.08 Å². The first-order chi connectivity index (χ1) is 4.29. The summed E-state index contributed by atoms with van der Waals surface area (Å²) in [6, 6.07) is 0. The molecule has 0 bridgehead atoms. The van der Waals surface area contributed by atoms with Crippen molar-refractivity contribution in [1.29, 1.82) is 0 Å². The monoisotopic (exact) mass is 126 g/mol. The Balaban J connectivity index is 2.50. The molecule has 1 atom stereocenters. The minimum atomic E-state index is -0.410. The van der Waals surface area contributed by atoms with Gasteiger partial charge in [0.05, 0.1) is 6.10 Å². The first-order valence-electron chi connectivity index (χ1n) is 3.16. The van der Waals surface area contributed by atoms with Gasteiger partial charge in [-0.3, -0.25) is 4.79 Å². The molecule has 1 rings (SSSR count). The summed E-state index contributed by atoms with van der Waals surface area (Å²) in [6.45, 7) is 0. The molecule has 0 fully saturated rings. The lowest BCUT2D eigenvalue weighted by molar-refractivity contribution is -0.116. The molecular weight excluding hydrogens is 116 g/mol. The largest absolute Gasteiger partial charge is 0.393 e. The molecule has 0 unspecified atom stereocenters. The summed E-state index contributed by atoms with van der Waals surface area (Å²) in [7, 11) is 0. The fourth-order valence-corrected chi connectivity index (χ4v) is 0.906. The van der Waals surface area contributed by atoms with E-state index < -0.39 is 6.10 Å². The Kier molecular flexibility index (Phi) is 2.01. The molecule has 1 N–H and O–H groups in total. The first kappa shape index (κ1) is 6.49. The SMILES string of the molecule is O=C1C=CCC[C@H](O)C1. The van der Waals surface area contributed by atoms with Crippen LogP contribution in [0.3, 0.4) is 0 Å². The number of carbonyl (C=O) groups is 1. The Labute approximate surface area is 54.2 Å². The molecular formula is C7H10O2. The van der Waals surface area contributed by atoms with Crippen molar-refractivity contribution in [2.45, 2.75) is 25.4 Å². The smallest absolute Gasteiger partial charge is 0.157 e. The summed E-state index contributed by atoms with van der Waals surface area (Å²) in [5, 5.41) is 9.00. The van der Waals surface area contributed by atoms with Crippen molar-refractivity contribution in [3.8, 4) is 0 Å². The van der Waals surface area contributed by atoms with Crippen LogP contribution in [-0.2, 0) is 4.79 Å². The van der Waals surface area contributed by atoms with E-state index in [9.17, 15) is 4.79 Å². The maximum absolute atomic E-state index is 10.6. The zero-order valence-corrected chi connectivity index (χ0v) is 5.21. The summed E-state index contributed by atoms with van der Waals surface area (Å²) >= 11 is 0. The normalized spacial score (nSPS) is 28.1. The number of hydrogen-bond donors (Lipinski definition) is 1. The molecule has 0 heterocycles. The van der Waals surface area contributed by atoms with Crippen molar-refractivity contribution in [2.75, 3.05) is 0 Å². The van der Waals surface area contributed by atoms with E-state index >= 15 is 0 Å². The van der Waals surface area contributed by atoms with E-state index in [-0.39, 0.29) is 5.78 Å². The van der Waals surface area contributed by atoms with Gasteiger partial charge in [-0.25, -0.2) is 0 Å². The molecule has 0 aliphatic heterocycles. The summed E-state index contributed by atoms with van der Waals surface area (Å²) in [4.78, 5) is 10.6. The van der Waals surface area contributed by atoms with E-state index in [1.165, 1.54) is 0 Å². The zero-order chi connectivity index (χ0) is 6.69. The molecule has 0 aromatic rings. The maximum Gasteiger partial charge on any atom is 0.157 e. The van der Waals surface area contributed by atoms with E-state index in [0.717, 1.165) is 12.8 Å². The minimum Gasteiger partial charge on any atom is -0.393 e.